The first kappa shape index (κ1) is 9.23. The number of rotatable bonds is 1. The molecule has 0 spiro atoms. The van der Waals surface area contributed by atoms with Gasteiger partial charge in [0.15, 0.2) is 0 Å². The molecule has 1 aromatic rings. The van der Waals surface area contributed by atoms with E-state index < -0.39 is 0 Å². The number of aromatic amines is 1. The molecule has 0 bridgehead atoms. The van der Waals surface area contributed by atoms with Crippen LogP contribution in [-0.2, 0) is 0 Å². The predicted molar refractivity (Wildman–Crippen MR) is 65.2 cm³/mol. The Kier molecular flexibility index (Phi) is 2.93. The van der Waals surface area contributed by atoms with Crippen molar-refractivity contribution in [2.24, 2.45) is 0 Å². The maximum Gasteiger partial charge on any atom is 0.133 e. The van der Waals surface area contributed by atoms with Gasteiger partial charge < -0.3 is 4.98 Å². The third-order valence-electron chi connectivity index (χ3n) is 2.38. The first-order valence-electron chi connectivity index (χ1n) is 4.18. The van der Waals surface area contributed by atoms with Crippen LogP contribution in [0.4, 0.5) is 0 Å². The minimum atomic E-state index is 0.710. The second-order valence-corrected chi connectivity index (χ2v) is 5.31. The van der Waals surface area contributed by atoms with Gasteiger partial charge in [0.05, 0.1) is 0 Å². The molecule has 1 aromatic heterocycles. The standard InChI is InChI=1S/C8H10I2N2/c9-6-7(10)12-8(11-6)5-3-1-2-4-5/h5H,1-4H2,(H,11,12). The summed E-state index contributed by atoms with van der Waals surface area (Å²) in [5.41, 5.74) is 0. The normalized spacial score (nSPS) is 18.8. The number of hydrogen-bond acceptors (Lipinski definition) is 1. The molecule has 1 saturated carbocycles. The molecule has 1 aliphatic rings. The highest BCUT2D eigenvalue weighted by Gasteiger charge is 2.20. The number of halogens is 2. The van der Waals surface area contributed by atoms with Gasteiger partial charge in [-0.3, -0.25) is 0 Å². The molecule has 0 saturated heterocycles. The third kappa shape index (κ3) is 1.78. The summed E-state index contributed by atoms with van der Waals surface area (Å²) in [5.74, 6) is 1.92. The molecule has 0 unspecified atom stereocenters. The number of hydrogen-bond donors (Lipinski definition) is 1. The smallest absolute Gasteiger partial charge is 0.133 e. The van der Waals surface area contributed by atoms with Gasteiger partial charge in [0.1, 0.15) is 13.2 Å². The lowest BCUT2D eigenvalue weighted by Gasteiger charge is -2.02. The Bertz CT molecular complexity index is 257. The topological polar surface area (TPSA) is 28.7 Å². The molecule has 1 N–H and O–H groups in total. The van der Waals surface area contributed by atoms with Gasteiger partial charge >= 0.3 is 0 Å². The molecule has 0 amide bonds. The molecule has 1 aliphatic carbocycles. The second kappa shape index (κ2) is 3.81. The Labute approximate surface area is 99.2 Å². The van der Waals surface area contributed by atoms with Crippen molar-refractivity contribution in [2.75, 3.05) is 0 Å². The molecule has 1 heterocycles. The van der Waals surface area contributed by atoms with E-state index in [-0.39, 0.29) is 0 Å². The van der Waals surface area contributed by atoms with Crippen molar-refractivity contribution in [2.45, 2.75) is 31.6 Å². The number of imidazole rings is 1. The van der Waals surface area contributed by atoms with Gasteiger partial charge in [0, 0.05) is 5.92 Å². The van der Waals surface area contributed by atoms with E-state index in [0.717, 1.165) is 3.70 Å². The third-order valence-corrected chi connectivity index (χ3v) is 4.97. The van der Waals surface area contributed by atoms with Gasteiger partial charge in [0.2, 0.25) is 0 Å². The van der Waals surface area contributed by atoms with E-state index in [1.54, 1.807) is 0 Å². The summed E-state index contributed by atoms with van der Waals surface area (Å²) in [6, 6.07) is 0. The van der Waals surface area contributed by atoms with Gasteiger partial charge in [-0.15, -0.1) is 0 Å². The highest BCUT2D eigenvalue weighted by molar-refractivity contribution is 14.1. The minimum absolute atomic E-state index is 0.710. The van der Waals surface area contributed by atoms with E-state index in [0.29, 0.717) is 5.92 Å². The zero-order valence-electron chi connectivity index (χ0n) is 6.61. The molecule has 0 radical (unpaired) electrons. The highest BCUT2D eigenvalue weighted by atomic mass is 127. The lowest BCUT2D eigenvalue weighted by atomic mass is 10.1. The van der Waals surface area contributed by atoms with Crippen LogP contribution in [0.5, 0.6) is 0 Å². The zero-order valence-corrected chi connectivity index (χ0v) is 10.9. The Morgan fingerprint density at radius 3 is 2.42 bits per heavy atom. The number of nitrogens with one attached hydrogen (secondary N) is 1. The van der Waals surface area contributed by atoms with E-state index >= 15 is 0 Å². The average molecular weight is 388 g/mol. The molecule has 4 heteroatoms. The van der Waals surface area contributed by atoms with Crippen LogP contribution >= 0.6 is 45.2 Å². The molecule has 1 fully saturated rings. The predicted octanol–water partition coefficient (Wildman–Crippen LogP) is 3.28. The fraction of sp³-hybridized carbons (Fsp3) is 0.625. The fourth-order valence-electron chi connectivity index (χ4n) is 1.74. The SMILES string of the molecule is Ic1nc(C2CCCC2)[nH]c1I. The molecule has 0 atom stereocenters. The Hall–Kier alpha value is 0.670. The van der Waals surface area contributed by atoms with Crippen molar-refractivity contribution < 1.29 is 0 Å². The number of aromatic nitrogens is 2. The van der Waals surface area contributed by atoms with Crippen molar-refractivity contribution >= 4 is 45.2 Å². The van der Waals surface area contributed by atoms with E-state index in [1.165, 1.54) is 35.2 Å². The summed E-state index contributed by atoms with van der Waals surface area (Å²) in [6.07, 6.45) is 5.39. The zero-order chi connectivity index (χ0) is 8.55. The molecular weight excluding hydrogens is 378 g/mol. The van der Waals surface area contributed by atoms with Crippen molar-refractivity contribution in [1.82, 2.24) is 9.97 Å². The van der Waals surface area contributed by atoms with Gasteiger partial charge in [-0.2, -0.15) is 0 Å². The lowest BCUT2D eigenvalue weighted by Crippen LogP contribution is -1.94. The lowest BCUT2D eigenvalue weighted by molar-refractivity contribution is 0.677. The number of H-pyrrole nitrogens is 1. The van der Waals surface area contributed by atoms with Gasteiger partial charge in [-0.05, 0) is 58.0 Å². The molecule has 0 aliphatic heterocycles. The van der Waals surface area contributed by atoms with Crippen LogP contribution in [0.3, 0.4) is 0 Å². The van der Waals surface area contributed by atoms with E-state index in [2.05, 4.69) is 55.1 Å². The second-order valence-electron chi connectivity index (χ2n) is 3.21. The van der Waals surface area contributed by atoms with Crippen LogP contribution in [0.15, 0.2) is 0 Å². The highest BCUT2D eigenvalue weighted by Crippen LogP contribution is 2.33. The van der Waals surface area contributed by atoms with Crippen molar-refractivity contribution in [3.05, 3.63) is 13.2 Å². The van der Waals surface area contributed by atoms with Gasteiger partial charge in [-0.25, -0.2) is 4.98 Å². The quantitative estimate of drug-likeness (QED) is 0.736. The van der Waals surface area contributed by atoms with Crippen LogP contribution < -0.4 is 0 Å². The van der Waals surface area contributed by atoms with Crippen LogP contribution in [0.2, 0.25) is 0 Å². The summed E-state index contributed by atoms with van der Waals surface area (Å²) < 4.78 is 2.31. The van der Waals surface area contributed by atoms with Gasteiger partial charge in [0.25, 0.3) is 0 Å². The van der Waals surface area contributed by atoms with Crippen LogP contribution in [-0.4, -0.2) is 9.97 Å². The summed E-state index contributed by atoms with van der Waals surface area (Å²) >= 11 is 4.59. The van der Waals surface area contributed by atoms with Crippen LogP contribution in [0.1, 0.15) is 37.4 Å². The van der Waals surface area contributed by atoms with E-state index in [1.807, 2.05) is 0 Å². The average Bonchev–Trinajstić information content (AvgIpc) is 2.61. The van der Waals surface area contributed by atoms with Crippen LogP contribution in [0, 0.1) is 7.40 Å². The monoisotopic (exact) mass is 388 g/mol. The van der Waals surface area contributed by atoms with E-state index in [4.69, 9.17) is 0 Å². The molecule has 2 rings (SSSR count). The van der Waals surface area contributed by atoms with Crippen molar-refractivity contribution in [1.29, 1.82) is 0 Å². The first-order valence-corrected chi connectivity index (χ1v) is 6.34. The Morgan fingerprint density at radius 1 is 1.25 bits per heavy atom. The first-order chi connectivity index (χ1) is 5.77. The largest absolute Gasteiger partial charge is 0.336 e. The Morgan fingerprint density at radius 2 is 1.92 bits per heavy atom. The van der Waals surface area contributed by atoms with Crippen LogP contribution in [0.25, 0.3) is 0 Å². The summed E-state index contributed by atoms with van der Waals surface area (Å²) in [4.78, 5) is 7.87. The minimum Gasteiger partial charge on any atom is -0.336 e. The van der Waals surface area contributed by atoms with E-state index in [9.17, 15) is 0 Å². The maximum absolute atomic E-state index is 4.52. The molecule has 0 aromatic carbocycles. The summed E-state index contributed by atoms with van der Waals surface area (Å²) in [5, 5.41) is 0. The van der Waals surface area contributed by atoms with Crippen molar-refractivity contribution in [3.8, 4) is 0 Å². The summed E-state index contributed by atoms with van der Waals surface area (Å²) in [6.45, 7) is 0. The molecule has 2 nitrogen and oxygen atoms in total. The summed E-state index contributed by atoms with van der Waals surface area (Å²) in [7, 11) is 0. The maximum atomic E-state index is 4.52. The van der Waals surface area contributed by atoms with Gasteiger partial charge in [-0.1, -0.05) is 12.8 Å². The molecular formula is C8H10I2N2. The molecule has 66 valence electrons. The van der Waals surface area contributed by atoms with Crippen molar-refractivity contribution in [3.63, 3.8) is 0 Å². The Balaban J connectivity index is 2.21. The fourth-order valence-corrected chi connectivity index (χ4v) is 2.53. The molecule has 12 heavy (non-hydrogen) atoms. The number of nitrogens with zero attached hydrogens (tertiary/aromatic N) is 1.